The number of pyridine rings is 1. The van der Waals surface area contributed by atoms with Gasteiger partial charge in [-0.05, 0) is 45.5 Å². The number of aromatic nitrogens is 1. The molecular weight excluding hydrogens is 236 g/mol. The summed E-state index contributed by atoms with van der Waals surface area (Å²) in [6.07, 6.45) is 4.25. The minimum atomic E-state index is 0.489. The van der Waals surface area contributed by atoms with Crippen molar-refractivity contribution in [1.29, 1.82) is 0 Å². The second-order valence-corrected chi connectivity index (χ2v) is 4.89. The number of hydrogen-bond acceptors (Lipinski definition) is 4. The van der Waals surface area contributed by atoms with Crippen LogP contribution in [0.25, 0.3) is 0 Å². The molecule has 1 unspecified atom stereocenters. The highest BCUT2D eigenvalue weighted by Crippen LogP contribution is 2.14. The standard InChI is InChI=1S/C15H28N4/c1-5-19(6-2)11-7-8-13(3)18-14-9-10-17-15(12-14)16-4/h9-10,12-13H,5-8,11H2,1-4H3,(H2,16,17,18). The molecule has 108 valence electrons. The highest BCUT2D eigenvalue weighted by Gasteiger charge is 2.04. The first kappa shape index (κ1) is 15.8. The van der Waals surface area contributed by atoms with Gasteiger partial charge >= 0.3 is 0 Å². The maximum absolute atomic E-state index is 4.21. The number of nitrogens with one attached hydrogen (secondary N) is 2. The van der Waals surface area contributed by atoms with Crippen molar-refractivity contribution in [3.05, 3.63) is 18.3 Å². The Labute approximate surface area is 117 Å². The summed E-state index contributed by atoms with van der Waals surface area (Å²) in [6.45, 7) is 10.2. The summed E-state index contributed by atoms with van der Waals surface area (Å²) in [7, 11) is 1.89. The topological polar surface area (TPSA) is 40.2 Å². The van der Waals surface area contributed by atoms with Crippen molar-refractivity contribution >= 4 is 11.5 Å². The molecule has 4 nitrogen and oxygen atoms in total. The Bertz CT molecular complexity index is 350. The Morgan fingerprint density at radius 2 is 2.05 bits per heavy atom. The van der Waals surface area contributed by atoms with Crippen molar-refractivity contribution in [1.82, 2.24) is 9.88 Å². The zero-order chi connectivity index (χ0) is 14.1. The fourth-order valence-electron chi connectivity index (χ4n) is 2.17. The van der Waals surface area contributed by atoms with Gasteiger partial charge in [-0.3, -0.25) is 0 Å². The third-order valence-electron chi connectivity index (χ3n) is 3.44. The van der Waals surface area contributed by atoms with E-state index in [-0.39, 0.29) is 0 Å². The van der Waals surface area contributed by atoms with Crippen LogP contribution < -0.4 is 10.6 Å². The summed E-state index contributed by atoms with van der Waals surface area (Å²) < 4.78 is 0. The monoisotopic (exact) mass is 264 g/mol. The van der Waals surface area contributed by atoms with Crippen LogP contribution in [0.1, 0.15) is 33.6 Å². The number of anilines is 2. The first-order chi connectivity index (χ1) is 9.19. The van der Waals surface area contributed by atoms with Crippen molar-refractivity contribution in [2.45, 2.75) is 39.7 Å². The third-order valence-corrected chi connectivity index (χ3v) is 3.44. The van der Waals surface area contributed by atoms with Crippen LogP contribution in [-0.4, -0.2) is 42.6 Å². The van der Waals surface area contributed by atoms with Crippen molar-refractivity contribution < 1.29 is 0 Å². The van der Waals surface area contributed by atoms with Crippen LogP contribution in [0.4, 0.5) is 11.5 Å². The lowest BCUT2D eigenvalue weighted by Crippen LogP contribution is -2.25. The first-order valence-corrected chi connectivity index (χ1v) is 7.32. The molecule has 0 radical (unpaired) electrons. The Balaban J connectivity index is 2.32. The van der Waals surface area contributed by atoms with E-state index in [0.29, 0.717) is 6.04 Å². The maximum Gasteiger partial charge on any atom is 0.127 e. The Hall–Kier alpha value is -1.29. The Morgan fingerprint density at radius 1 is 1.32 bits per heavy atom. The molecule has 0 amide bonds. The van der Waals surface area contributed by atoms with E-state index in [1.807, 2.05) is 25.4 Å². The van der Waals surface area contributed by atoms with Gasteiger partial charge in [-0.1, -0.05) is 13.8 Å². The van der Waals surface area contributed by atoms with Gasteiger partial charge in [0.15, 0.2) is 0 Å². The summed E-state index contributed by atoms with van der Waals surface area (Å²) in [5.74, 6) is 0.903. The van der Waals surface area contributed by atoms with Crippen LogP contribution in [-0.2, 0) is 0 Å². The highest BCUT2D eigenvalue weighted by atomic mass is 15.1. The minimum absolute atomic E-state index is 0.489. The van der Waals surface area contributed by atoms with E-state index in [9.17, 15) is 0 Å². The molecular formula is C15H28N4. The van der Waals surface area contributed by atoms with Crippen LogP contribution in [0.15, 0.2) is 18.3 Å². The van der Waals surface area contributed by atoms with E-state index in [1.54, 1.807) is 0 Å². The predicted molar refractivity (Wildman–Crippen MR) is 83.9 cm³/mol. The zero-order valence-electron chi connectivity index (χ0n) is 12.7. The minimum Gasteiger partial charge on any atom is -0.382 e. The molecule has 1 aromatic rings. The summed E-state index contributed by atoms with van der Waals surface area (Å²) in [4.78, 5) is 6.69. The van der Waals surface area contributed by atoms with Crippen molar-refractivity contribution in [3.63, 3.8) is 0 Å². The predicted octanol–water partition coefficient (Wildman–Crippen LogP) is 3.05. The molecule has 0 bridgehead atoms. The summed E-state index contributed by atoms with van der Waals surface area (Å²) >= 11 is 0. The summed E-state index contributed by atoms with van der Waals surface area (Å²) in [5, 5.41) is 6.58. The van der Waals surface area contributed by atoms with E-state index >= 15 is 0 Å². The molecule has 1 aromatic heterocycles. The van der Waals surface area contributed by atoms with Crippen LogP contribution in [0.3, 0.4) is 0 Å². The van der Waals surface area contributed by atoms with Crippen molar-refractivity contribution in [3.8, 4) is 0 Å². The molecule has 1 atom stereocenters. The lowest BCUT2D eigenvalue weighted by Gasteiger charge is -2.20. The van der Waals surface area contributed by atoms with Crippen molar-refractivity contribution in [2.24, 2.45) is 0 Å². The normalized spacial score (nSPS) is 12.5. The van der Waals surface area contributed by atoms with E-state index in [1.165, 1.54) is 19.4 Å². The quantitative estimate of drug-likeness (QED) is 0.719. The molecule has 0 spiro atoms. The molecule has 0 aliphatic carbocycles. The van der Waals surface area contributed by atoms with E-state index in [0.717, 1.165) is 24.6 Å². The van der Waals surface area contributed by atoms with Gasteiger partial charge in [0, 0.05) is 31.0 Å². The third kappa shape index (κ3) is 5.92. The zero-order valence-corrected chi connectivity index (χ0v) is 12.7. The summed E-state index contributed by atoms with van der Waals surface area (Å²) in [6, 6.07) is 4.55. The molecule has 2 N–H and O–H groups in total. The Morgan fingerprint density at radius 3 is 2.68 bits per heavy atom. The second-order valence-electron chi connectivity index (χ2n) is 4.89. The molecule has 0 saturated heterocycles. The average Bonchev–Trinajstić information content (AvgIpc) is 2.44. The molecule has 4 heteroatoms. The van der Waals surface area contributed by atoms with Gasteiger partial charge in [-0.15, -0.1) is 0 Å². The van der Waals surface area contributed by atoms with Crippen LogP contribution in [0, 0.1) is 0 Å². The highest BCUT2D eigenvalue weighted by molar-refractivity contribution is 5.51. The van der Waals surface area contributed by atoms with Gasteiger partial charge in [0.05, 0.1) is 0 Å². The largest absolute Gasteiger partial charge is 0.382 e. The van der Waals surface area contributed by atoms with Crippen LogP contribution in [0.2, 0.25) is 0 Å². The van der Waals surface area contributed by atoms with Gasteiger partial charge in [0.1, 0.15) is 5.82 Å². The maximum atomic E-state index is 4.21. The van der Waals surface area contributed by atoms with E-state index < -0.39 is 0 Å². The molecule has 0 aromatic carbocycles. The van der Waals surface area contributed by atoms with E-state index in [4.69, 9.17) is 0 Å². The Kier molecular flexibility index (Phi) is 7.26. The average molecular weight is 264 g/mol. The van der Waals surface area contributed by atoms with E-state index in [2.05, 4.69) is 41.3 Å². The lowest BCUT2D eigenvalue weighted by atomic mass is 10.1. The van der Waals surface area contributed by atoms with Gasteiger partial charge in [-0.2, -0.15) is 0 Å². The van der Waals surface area contributed by atoms with Gasteiger partial charge < -0.3 is 15.5 Å². The molecule has 0 fully saturated rings. The van der Waals surface area contributed by atoms with Gasteiger partial charge in [0.25, 0.3) is 0 Å². The molecule has 0 aliphatic heterocycles. The second kappa shape index (κ2) is 8.75. The fourth-order valence-corrected chi connectivity index (χ4v) is 2.17. The molecule has 0 aliphatic rings. The molecule has 1 rings (SSSR count). The SMILES string of the molecule is CCN(CC)CCCC(C)Nc1ccnc(NC)c1. The van der Waals surface area contributed by atoms with Crippen LogP contribution in [0.5, 0.6) is 0 Å². The van der Waals surface area contributed by atoms with Gasteiger partial charge in [0.2, 0.25) is 0 Å². The molecule has 1 heterocycles. The molecule has 0 saturated carbocycles. The fraction of sp³-hybridized carbons (Fsp3) is 0.667. The lowest BCUT2D eigenvalue weighted by molar-refractivity contribution is 0.295. The smallest absolute Gasteiger partial charge is 0.127 e. The number of rotatable bonds is 9. The van der Waals surface area contributed by atoms with Crippen molar-refractivity contribution in [2.75, 3.05) is 37.3 Å². The number of nitrogens with zero attached hydrogens (tertiary/aromatic N) is 2. The first-order valence-electron chi connectivity index (χ1n) is 7.32. The molecule has 19 heavy (non-hydrogen) atoms. The van der Waals surface area contributed by atoms with Crippen LogP contribution >= 0.6 is 0 Å². The van der Waals surface area contributed by atoms with Gasteiger partial charge in [-0.25, -0.2) is 4.98 Å². The summed E-state index contributed by atoms with van der Waals surface area (Å²) in [5.41, 5.74) is 1.13. The number of hydrogen-bond donors (Lipinski definition) is 2.